The number of hydrogen-bond donors (Lipinski definition) is 0. The van der Waals surface area contributed by atoms with Crippen LogP contribution < -0.4 is 10.3 Å². The summed E-state index contributed by atoms with van der Waals surface area (Å²) in [5.41, 5.74) is 0.894. The zero-order chi connectivity index (χ0) is 16.5. The van der Waals surface area contributed by atoms with Crippen LogP contribution in [0, 0.1) is 0 Å². The fourth-order valence-electron chi connectivity index (χ4n) is 2.24. The highest BCUT2D eigenvalue weighted by atomic mass is 16.7. The number of hydrogen-bond acceptors (Lipinski definition) is 5. The average Bonchev–Trinajstić information content (AvgIpc) is 2.75. The summed E-state index contributed by atoms with van der Waals surface area (Å²) in [5, 5.41) is 0. The Morgan fingerprint density at radius 2 is 1.65 bits per heavy atom. The van der Waals surface area contributed by atoms with E-state index in [-0.39, 0.29) is 0 Å². The third-order valence-corrected chi connectivity index (χ3v) is 4.36. The Bertz CT molecular complexity index is 661. The lowest BCUT2D eigenvalue weighted by molar-refractivity contribution is 0.00578. The van der Waals surface area contributed by atoms with Crippen molar-refractivity contribution >= 4 is 12.7 Å². The van der Waals surface area contributed by atoms with E-state index < -0.39 is 18.3 Å². The predicted molar refractivity (Wildman–Crippen MR) is 88.5 cm³/mol. The molecule has 0 bridgehead atoms. The van der Waals surface area contributed by atoms with Gasteiger partial charge in [0, 0.05) is 6.20 Å². The van der Waals surface area contributed by atoms with Crippen molar-refractivity contribution in [2.75, 3.05) is 0 Å². The Kier molecular flexibility index (Phi) is 4.12. The first-order chi connectivity index (χ1) is 10.9. The van der Waals surface area contributed by atoms with Crippen LogP contribution in [0.25, 0.3) is 0 Å². The number of rotatable bonds is 4. The van der Waals surface area contributed by atoms with Gasteiger partial charge < -0.3 is 14.0 Å². The second kappa shape index (κ2) is 5.94. The highest BCUT2D eigenvalue weighted by Crippen LogP contribution is 2.36. The lowest BCUT2D eigenvalue weighted by Crippen LogP contribution is -2.41. The molecule has 2 aromatic rings. The van der Waals surface area contributed by atoms with Gasteiger partial charge in [-0.25, -0.2) is 4.98 Å². The third-order valence-electron chi connectivity index (χ3n) is 4.36. The Hall–Kier alpha value is -1.92. The molecule has 1 aromatic carbocycles. The fourth-order valence-corrected chi connectivity index (χ4v) is 2.24. The normalized spacial score (nSPS) is 18.9. The highest BCUT2D eigenvalue weighted by molar-refractivity contribution is 6.61. The Morgan fingerprint density at radius 3 is 2.30 bits per heavy atom. The lowest BCUT2D eigenvalue weighted by atomic mass is 9.85. The van der Waals surface area contributed by atoms with Gasteiger partial charge in [0.15, 0.2) is 0 Å². The maximum atomic E-state index is 5.99. The minimum Gasteiger partial charge on any atom is -0.472 e. The minimum absolute atomic E-state index is 0.403. The van der Waals surface area contributed by atoms with E-state index in [1.165, 1.54) is 0 Å². The molecule has 0 saturated carbocycles. The van der Waals surface area contributed by atoms with Crippen molar-refractivity contribution in [3.63, 3.8) is 0 Å². The SMILES string of the molecule is CC1(C)OB(c2cncc(OCc3ccccc3)n2)OC1(C)C. The fraction of sp³-hybridized carbons (Fsp3) is 0.412. The van der Waals surface area contributed by atoms with Crippen LogP contribution in [0.5, 0.6) is 5.88 Å². The molecular formula is C17H21BN2O3. The zero-order valence-corrected chi connectivity index (χ0v) is 13.9. The predicted octanol–water partition coefficient (Wildman–Crippen LogP) is 2.35. The van der Waals surface area contributed by atoms with Crippen LogP contribution in [0.2, 0.25) is 0 Å². The number of nitrogens with zero attached hydrogens (tertiary/aromatic N) is 2. The van der Waals surface area contributed by atoms with Crippen LogP contribution >= 0.6 is 0 Å². The third kappa shape index (κ3) is 3.38. The smallest absolute Gasteiger partial charge is 0.472 e. The van der Waals surface area contributed by atoms with Gasteiger partial charge in [-0.2, -0.15) is 0 Å². The maximum absolute atomic E-state index is 5.99. The summed E-state index contributed by atoms with van der Waals surface area (Å²) >= 11 is 0. The van der Waals surface area contributed by atoms with Gasteiger partial charge in [-0.05, 0) is 33.3 Å². The van der Waals surface area contributed by atoms with Crippen molar-refractivity contribution in [3.05, 3.63) is 48.3 Å². The highest BCUT2D eigenvalue weighted by Gasteiger charge is 2.52. The molecule has 2 heterocycles. The molecule has 0 N–H and O–H groups in total. The second-order valence-electron chi connectivity index (χ2n) is 6.64. The van der Waals surface area contributed by atoms with Crippen LogP contribution in [-0.2, 0) is 15.9 Å². The van der Waals surface area contributed by atoms with Gasteiger partial charge in [-0.15, -0.1) is 0 Å². The summed E-state index contributed by atoms with van der Waals surface area (Å²) in [7, 11) is -0.534. The second-order valence-corrected chi connectivity index (χ2v) is 6.64. The van der Waals surface area contributed by atoms with Crippen LogP contribution in [-0.4, -0.2) is 28.3 Å². The van der Waals surface area contributed by atoms with Gasteiger partial charge in [0.1, 0.15) is 6.61 Å². The molecule has 1 aromatic heterocycles. The minimum atomic E-state index is -0.534. The van der Waals surface area contributed by atoms with E-state index in [4.69, 9.17) is 14.0 Å². The summed E-state index contributed by atoms with van der Waals surface area (Å²) in [6.45, 7) is 8.49. The number of ether oxygens (including phenoxy) is 1. The standard InChI is InChI=1S/C17H21BN2O3/c1-16(2)17(3,4)23-18(22-16)14-10-19-11-15(20-14)21-12-13-8-6-5-7-9-13/h5-11H,12H2,1-4H3. The van der Waals surface area contributed by atoms with Gasteiger partial charge in [0.25, 0.3) is 0 Å². The van der Waals surface area contributed by atoms with Crippen molar-refractivity contribution in [1.29, 1.82) is 0 Å². The summed E-state index contributed by atoms with van der Waals surface area (Å²) < 4.78 is 17.7. The lowest BCUT2D eigenvalue weighted by Gasteiger charge is -2.32. The summed E-state index contributed by atoms with van der Waals surface area (Å²) in [6, 6.07) is 9.94. The molecular weight excluding hydrogens is 291 g/mol. The maximum Gasteiger partial charge on any atom is 0.516 e. The van der Waals surface area contributed by atoms with Gasteiger partial charge in [0.05, 0.1) is 23.0 Å². The quantitative estimate of drug-likeness (QED) is 0.811. The molecule has 1 fully saturated rings. The van der Waals surface area contributed by atoms with Crippen molar-refractivity contribution < 1.29 is 14.0 Å². The molecule has 5 nitrogen and oxygen atoms in total. The van der Waals surface area contributed by atoms with Crippen LogP contribution in [0.4, 0.5) is 0 Å². The molecule has 3 rings (SSSR count). The molecule has 0 amide bonds. The monoisotopic (exact) mass is 312 g/mol. The molecule has 1 aliphatic rings. The van der Waals surface area contributed by atoms with Crippen LogP contribution in [0.1, 0.15) is 33.3 Å². The van der Waals surface area contributed by atoms with E-state index in [0.717, 1.165) is 5.56 Å². The van der Waals surface area contributed by atoms with E-state index in [0.29, 0.717) is 18.1 Å². The molecule has 0 spiro atoms. The first-order valence-corrected chi connectivity index (χ1v) is 7.72. The van der Waals surface area contributed by atoms with E-state index in [1.54, 1.807) is 12.4 Å². The Labute approximate surface area is 137 Å². The zero-order valence-electron chi connectivity index (χ0n) is 13.9. The molecule has 0 unspecified atom stereocenters. The molecule has 120 valence electrons. The number of aromatic nitrogens is 2. The van der Waals surface area contributed by atoms with Crippen molar-refractivity contribution in [3.8, 4) is 5.88 Å². The largest absolute Gasteiger partial charge is 0.516 e. The Morgan fingerprint density at radius 1 is 1.00 bits per heavy atom. The van der Waals surface area contributed by atoms with Crippen molar-refractivity contribution in [2.24, 2.45) is 0 Å². The van der Waals surface area contributed by atoms with Crippen LogP contribution in [0.15, 0.2) is 42.7 Å². The van der Waals surface area contributed by atoms with Gasteiger partial charge in [0.2, 0.25) is 5.88 Å². The molecule has 0 aliphatic carbocycles. The molecule has 6 heteroatoms. The first-order valence-electron chi connectivity index (χ1n) is 7.72. The van der Waals surface area contributed by atoms with Gasteiger partial charge in [-0.3, -0.25) is 4.98 Å². The molecule has 0 radical (unpaired) electrons. The molecule has 1 aliphatic heterocycles. The van der Waals surface area contributed by atoms with Crippen molar-refractivity contribution in [1.82, 2.24) is 9.97 Å². The van der Waals surface area contributed by atoms with Crippen molar-refractivity contribution in [2.45, 2.75) is 45.5 Å². The van der Waals surface area contributed by atoms with E-state index in [1.807, 2.05) is 58.0 Å². The molecule has 0 atom stereocenters. The topological polar surface area (TPSA) is 53.5 Å². The average molecular weight is 312 g/mol. The Balaban J connectivity index is 1.71. The van der Waals surface area contributed by atoms with Gasteiger partial charge in [-0.1, -0.05) is 30.3 Å². The number of benzene rings is 1. The van der Waals surface area contributed by atoms with Gasteiger partial charge >= 0.3 is 7.12 Å². The van der Waals surface area contributed by atoms with E-state index >= 15 is 0 Å². The summed E-state index contributed by atoms with van der Waals surface area (Å²) in [6.07, 6.45) is 3.25. The molecule has 1 saturated heterocycles. The van der Waals surface area contributed by atoms with E-state index in [2.05, 4.69) is 9.97 Å². The summed E-state index contributed by atoms with van der Waals surface area (Å²) in [5.74, 6) is 0.459. The van der Waals surface area contributed by atoms with Crippen LogP contribution in [0.3, 0.4) is 0 Å². The summed E-state index contributed by atoms with van der Waals surface area (Å²) in [4.78, 5) is 8.66. The molecule has 23 heavy (non-hydrogen) atoms. The van der Waals surface area contributed by atoms with E-state index in [9.17, 15) is 0 Å². The first kappa shape index (κ1) is 16.0.